The van der Waals surface area contributed by atoms with Crippen LogP contribution in [0.2, 0.25) is 5.02 Å². The van der Waals surface area contributed by atoms with Crippen LogP contribution in [0.1, 0.15) is 50.8 Å². The highest BCUT2D eigenvalue weighted by atomic mass is 35.5. The molecule has 4 heteroatoms. The molecule has 1 N–H and O–H groups in total. The second-order valence-electron chi connectivity index (χ2n) is 5.80. The van der Waals surface area contributed by atoms with Gasteiger partial charge in [-0.3, -0.25) is 10.1 Å². The van der Waals surface area contributed by atoms with E-state index in [1.54, 1.807) is 0 Å². The SMILES string of the molecule is CCCCC1NC(c2cccc(Cl)c2)N(C2CC2)C1=O. The molecule has 0 aromatic heterocycles. The van der Waals surface area contributed by atoms with Gasteiger partial charge in [0.05, 0.1) is 6.04 Å². The Morgan fingerprint density at radius 1 is 1.40 bits per heavy atom. The smallest absolute Gasteiger partial charge is 0.241 e. The van der Waals surface area contributed by atoms with E-state index < -0.39 is 0 Å². The second kappa shape index (κ2) is 5.74. The van der Waals surface area contributed by atoms with E-state index in [1.165, 1.54) is 0 Å². The number of nitrogens with one attached hydrogen (secondary N) is 1. The molecule has 0 spiro atoms. The molecule has 1 saturated carbocycles. The lowest BCUT2D eigenvalue weighted by Gasteiger charge is -2.24. The van der Waals surface area contributed by atoms with Crippen LogP contribution in [0.3, 0.4) is 0 Å². The fourth-order valence-corrected chi connectivity index (χ4v) is 3.14. The van der Waals surface area contributed by atoms with Crippen molar-refractivity contribution >= 4 is 17.5 Å². The molecule has 1 aromatic carbocycles. The normalized spacial score (nSPS) is 26.3. The van der Waals surface area contributed by atoms with Crippen LogP contribution in [0.25, 0.3) is 0 Å². The zero-order chi connectivity index (χ0) is 14.1. The van der Waals surface area contributed by atoms with Crippen LogP contribution in [0.15, 0.2) is 24.3 Å². The molecule has 2 fully saturated rings. The fraction of sp³-hybridized carbons (Fsp3) is 0.562. The highest BCUT2D eigenvalue weighted by Gasteiger charge is 2.46. The van der Waals surface area contributed by atoms with Crippen LogP contribution in [0.5, 0.6) is 0 Å². The molecule has 2 unspecified atom stereocenters. The van der Waals surface area contributed by atoms with Gasteiger partial charge >= 0.3 is 0 Å². The van der Waals surface area contributed by atoms with Gasteiger partial charge < -0.3 is 4.90 Å². The van der Waals surface area contributed by atoms with Gasteiger partial charge in [0.25, 0.3) is 0 Å². The van der Waals surface area contributed by atoms with Crippen LogP contribution < -0.4 is 5.32 Å². The van der Waals surface area contributed by atoms with Crippen molar-refractivity contribution in [3.8, 4) is 0 Å². The molecule has 3 nitrogen and oxygen atoms in total. The minimum absolute atomic E-state index is 0.00411. The highest BCUT2D eigenvalue weighted by Crippen LogP contribution is 2.38. The Morgan fingerprint density at radius 2 is 2.20 bits per heavy atom. The second-order valence-corrected chi connectivity index (χ2v) is 6.23. The molecule has 0 bridgehead atoms. The van der Waals surface area contributed by atoms with Crippen molar-refractivity contribution in [2.75, 3.05) is 0 Å². The first-order chi connectivity index (χ1) is 9.70. The van der Waals surface area contributed by atoms with Crippen molar-refractivity contribution < 1.29 is 4.79 Å². The van der Waals surface area contributed by atoms with E-state index in [0.717, 1.165) is 42.7 Å². The van der Waals surface area contributed by atoms with Crippen molar-refractivity contribution in [1.82, 2.24) is 10.2 Å². The van der Waals surface area contributed by atoms with E-state index in [0.29, 0.717) is 6.04 Å². The number of nitrogens with zero attached hydrogens (tertiary/aromatic N) is 1. The van der Waals surface area contributed by atoms with Crippen LogP contribution in [0, 0.1) is 0 Å². The Kier molecular flexibility index (Phi) is 3.99. The van der Waals surface area contributed by atoms with Gasteiger partial charge in [-0.05, 0) is 37.0 Å². The molecule has 2 atom stereocenters. The number of rotatable bonds is 5. The molecule has 2 aliphatic rings. The Morgan fingerprint density at radius 3 is 2.85 bits per heavy atom. The molecule has 1 aliphatic carbocycles. The predicted octanol–water partition coefficient (Wildman–Crippen LogP) is 3.49. The quantitative estimate of drug-likeness (QED) is 0.901. The third-order valence-corrected chi connectivity index (χ3v) is 4.38. The molecule has 0 radical (unpaired) electrons. The third kappa shape index (κ3) is 2.70. The minimum Gasteiger partial charge on any atom is -0.319 e. The first-order valence-corrected chi connectivity index (χ1v) is 7.92. The number of amides is 1. The molecular weight excluding hydrogens is 272 g/mol. The largest absolute Gasteiger partial charge is 0.319 e. The Balaban J connectivity index is 1.83. The van der Waals surface area contributed by atoms with Gasteiger partial charge in [-0.25, -0.2) is 0 Å². The van der Waals surface area contributed by atoms with E-state index >= 15 is 0 Å². The lowest BCUT2D eigenvalue weighted by atomic mass is 10.1. The monoisotopic (exact) mass is 292 g/mol. The summed E-state index contributed by atoms with van der Waals surface area (Å²) in [5, 5.41) is 4.23. The first kappa shape index (κ1) is 13.9. The maximum Gasteiger partial charge on any atom is 0.241 e. The maximum absolute atomic E-state index is 12.6. The average Bonchev–Trinajstić information content (AvgIpc) is 3.21. The summed E-state index contributed by atoms with van der Waals surface area (Å²) in [7, 11) is 0. The summed E-state index contributed by atoms with van der Waals surface area (Å²) in [4.78, 5) is 14.6. The zero-order valence-electron chi connectivity index (χ0n) is 11.8. The third-order valence-electron chi connectivity index (χ3n) is 4.14. The van der Waals surface area contributed by atoms with Gasteiger partial charge in [-0.2, -0.15) is 0 Å². The standard InChI is InChI=1S/C16H21ClN2O/c1-2-3-7-14-16(20)19(13-8-9-13)15(18-14)11-5-4-6-12(17)10-11/h4-6,10,13-15,18H,2-3,7-9H2,1H3. The topological polar surface area (TPSA) is 32.3 Å². The molecule has 108 valence electrons. The van der Waals surface area contributed by atoms with Gasteiger partial charge in [0.2, 0.25) is 5.91 Å². The molecule has 3 rings (SSSR count). The van der Waals surface area contributed by atoms with Gasteiger partial charge in [0, 0.05) is 11.1 Å². The first-order valence-electron chi connectivity index (χ1n) is 7.54. The lowest BCUT2D eigenvalue weighted by molar-refractivity contribution is -0.130. The molecule has 1 heterocycles. The summed E-state index contributed by atoms with van der Waals surface area (Å²) in [6.45, 7) is 2.16. The van der Waals surface area contributed by atoms with Crippen molar-refractivity contribution in [3.05, 3.63) is 34.9 Å². The summed E-state index contributed by atoms with van der Waals surface area (Å²) in [6, 6.07) is 8.23. The predicted molar refractivity (Wildman–Crippen MR) is 80.5 cm³/mol. The number of unbranched alkanes of at least 4 members (excludes halogenated alkanes) is 1. The number of benzene rings is 1. The van der Waals surface area contributed by atoms with Gasteiger partial charge in [0.1, 0.15) is 6.17 Å². The van der Waals surface area contributed by atoms with E-state index in [4.69, 9.17) is 11.6 Å². The summed E-state index contributed by atoms with van der Waals surface area (Å²) in [5.74, 6) is 0.269. The highest BCUT2D eigenvalue weighted by molar-refractivity contribution is 6.30. The number of carbonyl (C=O) groups is 1. The summed E-state index contributed by atoms with van der Waals surface area (Å²) >= 11 is 6.09. The maximum atomic E-state index is 12.6. The molecule has 1 amide bonds. The Hall–Kier alpha value is -1.06. The zero-order valence-corrected chi connectivity index (χ0v) is 12.6. The van der Waals surface area contributed by atoms with Crippen molar-refractivity contribution in [2.24, 2.45) is 0 Å². The van der Waals surface area contributed by atoms with E-state index in [-0.39, 0.29) is 18.1 Å². The van der Waals surface area contributed by atoms with Crippen molar-refractivity contribution in [3.63, 3.8) is 0 Å². The molecule has 1 aliphatic heterocycles. The lowest BCUT2D eigenvalue weighted by Crippen LogP contribution is -2.33. The van der Waals surface area contributed by atoms with Crippen LogP contribution in [0.4, 0.5) is 0 Å². The van der Waals surface area contributed by atoms with E-state index in [1.807, 2.05) is 23.1 Å². The number of hydrogen-bond donors (Lipinski definition) is 1. The van der Waals surface area contributed by atoms with E-state index in [9.17, 15) is 4.79 Å². The van der Waals surface area contributed by atoms with Crippen LogP contribution >= 0.6 is 11.6 Å². The summed E-state index contributed by atoms with van der Waals surface area (Å²) in [6.07, 6.45) is 5.39. The van der Waals surface area contributed by atoms with Crippen molar-refractivity contribution in [1.29, 1.82) is 0 Å². The number of carbonyl (C=O) groups excluding carboxylic acids is 1. The number of hydrogen-bond acceptors (Lipinski definition) is 2. The molecule has 1 saturated heterocycles. The van der Waals surface area contributed by atoms with Crippen molar-refractivity contribution in [2.45, 2.75) is 57.3 Å². The molecule has 20 heavy (non-hydrogen) atoms. The minimum atomic E-state index is -0.0282. The van der Waals surface area contributed by atoms with Crippen LogP contribution in [-0.2, 0) is 4.79 Å². The van der Waals surface area contributed by atoms with E-state index in [2.05, 4.69) is 18.3 Å². The fourth-order valence-electron chi connectivity index (χ4n) is 2.94. The average molecular weight is 293 g/mol. The Labute approximate surface area is 125 Å². The summed E-state index contributed by atoms with van der Waals surface area (Å²) < 4.78 is 0. The number of halogens is 1. The van der Waals surface area contributed by atoms with Crippen LogP contribution in [-0.4, -0.2) is 22.9 Å². The Bertz CT molecular complexity index is 501. The van der Waals surface area contributed by atoms with Gasteiger partial charge in [0.15, 0.2) is 0 Å². The van der Waals surface area contributed by atoms with Gasteiger partial charge in [-0.15, -0.1) is 0 Å². The van der Waals surface area contributed by atoms with Gasteiger partial charge in [-0.1, -0.05) is 43.5 Å². The molecular formula is C16H21ClN2O. The molecule has 1 aromatic rings. The summed E-state index contributed by atoms with van der Waals surface area (Å²) in [5.41, 5.74) is 1.09.